The summed E-state index contributed by atoms with van der Waals surface area (Å²) in [6.07, 6.45) is 3.36. The van der Waals surface area contributed by atoms with E-state index in [9.17, 15) is 9.59 Å². The minimum absolute atomic E-state index is 0.325. The zero-order valence-electron chi connectivity index (χ0n) is 14.5. The van der Waals surface area contributed by atoms with E-state index in [2.05, 4.69) is 15.6 Å². The maximum absolute atomic E-state index is 12.6. The van der Waals surface area contributed by atoms with E-state index in [-0.39, 0.29) is 11.8 Å². The van der Waals surface area contributed by atoms with Gasteiger partial charge in [0, 0.05) is 24.6 Å². The minimum atomic E-state index is -1.18. The fourth-order valence-electron chi connectivity index (χ4n) is 2.17. The van der Waals surface area contributed by atoms with Crippen molar-refractivity contribution < 1.29 is 9.59 Å². The van der Waals surface area contributed by atoms with Crippen LogP contribution in [0, 0.1) is 19.3 Å². The molecule has 0 radical (unpaired) electrons. The molecular weight excluding hydrogens is 302 g/mol. The molecule has 1 heterocycles. The molecule has 2 rings (SSSR count). The molecule has 2 aromatic rings. The number of pyridine rings is 1. The molecule has 0 fully saturated rings. The first-order valence-corrected chi connectivity index (χ1v) is 7.87. The highest BCUT2D eigenvalue weighted by Crippen LogP contribution is 2.23. The third-order valence-electron chi connectivity index (χ3n) is 4.16. The Hall–Kier alpha value is -2.69. The van der Waals surface area contributed by atoms with Gasteiger partial charge in [-0.25, -0.2) is 0 Å². The van der Waals surface area contributed by atoms with Crippen LogP contribution in [0.1, 0.15) is 30.5 Å². The first kappa shape index (κ1) is 17.7. The van der Waals surface area contributed by atoms with E-state index < -0.39 is 5.41 Å². The Morgan fingerprint density at radius 3 is 2.50 bits per heavy atom. The standard InChI is InChI=1S/C19H23N3O2/c1-13-7-5-9-16(14(13)2)22-18(24)19(3,4)17(23)21-12-15-8-6-10-20-11-15/h5-11H,12H2,1-4H3,(H,21,23)(H,22,24). The maximum Gasteiger partial charge on any atom is 0.239 e. The quantitative estimate of drug-likeness (QED) is 0.830. The molecule has 0 bridgehead atoms. The van der Waals surface area contributed by atoms with Gasteiger partial charge in [0.2, 0.25) is 11.8 Å². The molecule has 0 unspecified atom stereocenters. The summed E-state index contributed by atoms with van der Waals surface area (Å²) in [4.78, 5) is 29.0. The topological polar surface area (TPSA) is 71.1 Å². The number of rotatable bonds is 5. The Morgan fingerprint density at radius 2 is 1.83 bits per heavy atom. The Labute approximate surface area is 142 Å². The van der Waals surface area contributed by atoms with Crippen molar-refractivity contribution in [2.75, 3.05) is 5.32 Å². The maximum atomic E-state index is 12.6. The molecule has 5 heteroatoms. The van der Waals surface area contributed by atoms with Gasteiger partial charge in [-0.1, -0.05) is 18.2 Å². The van der Waals surface area contributed by atoms with Crippen molar-refractivity contribution in [3.63, 3.8) is 0 Å². The van der Waals surface area contributed by atoms with Gasteiger partial charge in [-0.2, -0.15) is 0 Å². The third-order valence-corrected chi connectivity index (χ3v) is 4.16. The Kier molecular flexibility index (Phi) is 5.34. The average Bonchev–Trinajstić information content (AvgIpc) is 2.57. The second-order valence-corrected chi connectivity index (χ2v) is 6.37. The van der Waals surface area contributed by atoms with E-state index in [4.69, 9.17) is 0 Å². The van der Waals surface area contributed by atoms with Gasteiger partial charge in [0.25, 0.3) is 0 Å². The Bertz CT molecular complexity index is 740. The van der Waals surface area contributed by atoms with Crippen molar-refractivity contribution in [1.82, 2.24) is 10.3 Å². The number of anilines is 1. The Morgan fingerprint density at radius 1 is 1.08 bits per heavy atom. The highest BCUT2D eigenvalue weighted by molar-refractivity contribution is 6.10. The number of aromatic nitrogens is 1. The number of hydrogen-bond donors (Lipinski definition) is 2. The number of benzene rings is 1. The van der Waals surface area contributed by atoms with Crippen LogP contribution in [0.4, 0.5) is 5.69 Å². The highest BCUT2D eigenvalue weighted by Gasteiger charge is 2.36. The van der Waals surface area contributed by atoms with Crippen molar-refractivity contribution in [2.24, 2.45) is 5.41 Å². The smallest absolute Gasteiger partial charge is 0.239 e. The molecule has 0 aliphatic carbocycles. The molecule has 1 aromatic carbocycles. The van der Waals surface area contributed by atoms with Crippen LogP contribution < -0.4 is 10.6 Å². The van der Waals surface area contributed by atoms with Crippen molar-refractivity contribution in [1.29, 1.82) is 0 Å². The lowest BCUT2D eigenvalue weighted by molar-refractivity contribution is -0.138. The summed E-state index contributed by atoms with van der Waals surface area (Å²) >= 11 is 0. The molecule has 24 heavy (non-hydrogen) atoms. The van der Waals surface area contributed by atoms with Crippen molar-refractivity contribution >= 4 is 17.5 Å². The number of amides is 2. The summed E-state index contributed by atoms with van der Waals surface area (Å²) in [6, 6.07) is 9.38. The van der Waals surface area contributed by atoms with Crippen LogP contribution in [0.5, 0.6) is 0 Å². The van der Waals surface area contributed by atoms with Crippen LogP contribution in [0.3, 0.4) is 0 Å². The molecule has 0 atom stereocenters. The van der Waals surface area contributed by atoms with Gasteiger partial charge >= 0.3 is 0 Å². The van der Waals surface area contributed by atoms with Gasteiger partial charge in [-0.15, -0.1) is 0 Å². The number of aryl methyl sites for hydroxylation is 1. The minimum Gasteiger partial charge on any atom is -0.351 e. The molecule has 0 spiro atoms. The monoisotopic (exact) mass is 325 g/mol. The van der Waals surface area contributed by atoms with Crippen molar-refractivity contribution in [3.05, 3.63) is 59.4 Å². The van der Waals surface area contributed by atoms with Gasteiger partial charge in [-0.05, 0) is 56.5 Å². The lowest BCUT2D eigenvalue weighted by Gasteiger charge is -2.23. The van der Waals surface area contributed by atoms with Gasteiger partial charge in [-0.3, -0.25) is 14.6 Å². The second kappa shape index (κ2) is 7.25. The molecule has 0 saturated heterocycles. The lowest BCUT2D eigenvalue weighted by Crippen LogP contribution is -2.45. The molecule has 2 amide bonds. The van der Waals surface area contributed by atoms with Crippen LogP contribution in [0.15, 0.2) is 42.7 Å². The van der Waals surface area contributed by atoms with Crippen molar-refractivity contribution in [3.8, 4) is 0 Å². The number of hydrogen-bond acceptors (Lipinski definition) is 3. The largest absolute Gasteiger partial charge is 0.351 e. The lowest BCUT2D eigenvalue weighted by atomic mass is 9.90. The van der Waals surface area contributed by atoms with Gasteiger partial charge < -0.3 is 10.6 Å². The number of carbonyl (C=O) groups is 2. The third kappa shape index (κ3) is 3.98. The predicted molar refractivity (Wildman–Crippen MR) is 94.4 cm³/mol. The number of nitrogens with zero attached hydrogens (tertiary/aromatic N) is 1. The average molecular weight is 325 g/mol. The number of carbonyl (C=O) groups excluding carboxylic acids is 2. The SMILES string of the molecule is Cc1cccc(NC(=O)C(C)(C)C(=O)NCc2cccnc2)c1C. The summed E-state index contributed by atoms with van der Waals surface area (Å²) in [5.41, 5.74) is 2.52. The second-order valence-electron chi connectivity index (χ2n) is 6.37. The molecule has 1 aromatic heterocycles. The van der Waals surface area contributed by atoms with E-state index in [1.165, 1.54) is 0 Å². The zero-order valence-corrected chi connectivity index (χ0v) is 14.5. The normalized spacial score (nSPS) is 11.0. The molecule has 0 saturated carbocycles. The molecule has 0 aliphatic rings. The first-order valence-electron chi connectivity index (χ1n) is 7.87. The highest BCUT2D eigenvalue weighted by atomic mass is 16.2. The predicted octanol–water partition coefficient (Wildman–Crippen LogP) is 2.98. The summed E-state index contributed by atoms with van der Waals surface area (Å²) in [6.45, 7) is 7.50. The van der Waals surface area contributed by atoms with Crippen LogP contribution in [0.25, 0.3) is 0 Å². The number of nitrogens with one attached hydrogen (secondary N) is 2. The molecule has 2 N–H and O–H groups in total. The fourth-order valence-corrected chi connectivity index (χ4v) is 2.17. The Balaban J connectivity index is 2.03. The van der Waals surface area contributed by atoms with Crippen LogP contribution >= 0.6 is 0 Å². The first-order chi connectivity index (χ1) is 11.3. The van der Waals surface area contributed by atoms with Crippen LogP contribution in [0.2, 0.25) is 0 Å². The van der Waals surface area contributed by atoms with E-state index in [1.807, 2.05) is 38.1 Å². The van der Waals surface area contributed by atoms with E-state index in [1.54, 1.807) is 32.3 Å². The van der Waals surface area contributed by atoms with Gasteiger partial charge in [0.1, 0.15) is 5.41 Å². The summed E-state index contributed by atoms with van der Waals surface area (Å²) < 4.78 is 0. The van der Waals surface area contributed by atoms with Gasteiger partial charge in [0.05, 0.1) is 0 Å². The van der Waals surface area contributed by atoms with Crippen LogP contribution in [-0.4, -0.2) is 16.8 Å². The van der Waals surface area contributed by atoms with Gasteiger partial charge in [0.15, 0.2) is 0 Å². The summed E-state index contributed by atoms with van der Waals surface area (Å²) in [5, 5.41) is 5.65. The zero-order chi connectivity index (χ0) is 17.7. The molecule has 0 aliphatic heterocycles. The van der Waals surface area contributed by atoms with E-state index in [0.29, 0.717) is 6.54 Å². The molecule has 5 nitrogen and oxygen atoms in total. The summed E-state index contributed by atoms with van der Waals surface area (Å²) in [7, 11) is 0. The van der Waals surface area contributed by atoms with Crippen molar-refractivity contribution in [2.45, 2.75) is 34.2 Å². The summed E-state index contributed by atoms with van der Waals surface area (Å²) in [5.74, 6) is -0.658. The molecular formula is C19H23N3O2. The fraction of sp³-hybridized carbons (Fsp3) is 0.316. The van der Waals surface area contributed by atoms with Crippen LogP contribution in [-0.2, 0) is 16.1 Å². The van der Waals surface area contributed by atoms with E-state index >= 15 is 0 Å². The van der Waals surface area contributed by atoms with E-state index in [0.717, 1.165) is 22.4 Å². The molecule has 126 valence electrons.